The van der Waals surface area contributed by atoms with E-state index in [9.17, 15) is 58.9 Å². The fraction of sp³-hybridized carbons (Fsp3) is 0.941. The van der Waals surface area contributed by atoms with Crippen molar-refractivity contribution < 1.29 is 63.6 Å². The highest BCUT2D eigenvalue weighted by Gasteiger charge is 2.75. The lowest BCUT2D eigenvalue weighted by atomic mass is 9.66. The van der Waals surface area contributed by atoms with Gasteiger partial charge in [-0.05, 0) is 25.7 Å². The van der Waals surface area contributed by atoms with Crippen LogP contribution >= 0.6 is 0 Å². The molecule has 1 fully saturated rings. The fourth-order valence-electron chi connectivity index (χ4n) is 3.58. The van der Waals surface area contributed by atoms with Gasteiger partial charge in [0.25, 0.3) is 5.60 Å². The number of halogens is 10. The summed E-state index contributed by atoms with van der Waals surface area (Å²) in [6, 6.07) is 0. The lowest BCUT2D eigenvalue weighted by molar-refractivity contribution is -0.391. The van der Waals surface area contributed by atoms with Gasteiger partial charge in [-0.1, -0.05) is 13.8 Å². The van der Waals surface area contributed by atoms with E-state index in [1.54, 1.807) is 0 Å². The standard InChI is InChI=1S/C17H22F10O4/c1-3-8(2)12(28)31-11-5-9(13(29,7-18)15(19,20)21)4-10(6-11)14(30,16(22,23)24)17(25,26)27/h8-11,29-30H,3-7H2,1-2H3. The van der Waals surface area contributed by atoms with Gasteiger partial charge in [0.15, 0.2) is 5.60 Å². The molecule has 0 aliphatic heterocycles. The molecular formula is C17H22F10O4. The zero-order chi connectivity index (χ0) is 24.6. The molecule has 1 aliphatic carbocycles. The number of aliphatic hydroxyl groups is 2. The molecule has 0 saturated heterocycles. The molecule has 14 heteroatoms. The molecule has 0 aromatic heterocycles. The molecule has 5 unspecified atom stereocenters. The Morgan fingerprint density at radius 3 is 1.71 bits per heavy atom. The Bertz CT molecular complexity index is 616. The number of alkyl halides is 10. The summed E-state index contributed by atoms with van der Waals surface area (Å²) in [6.07, 6.45) is -24.3. The van der Waals surface area contributed by atoms with E-state index in [1.165, 1.54) is 13.8 Å². The van der Waals surface area contributed by atoms with Crippen LogP contribution in [0.1, 0.15) is 39.5 Å². The number of carbonyl (C=O) groups excluding carboxylic acids is 1. The van der Waals surface area contributed by atoms with E-state index < -0.39 is 85.5 Å². The lowest BCUT2D eigenvalue weighted by Crippen LogP contribution is -2.65. The van der Waals surface area contributed by atoms with Gasteiger partial charge in [0.05, 0.1) is 5.92 Å². The number of ether oxygens (including phenoxy) is 1. The molecular weight excluding hydrogens is 458 g/mol. The Morgan fingerprint density at radius 2 is 1.35 bits per heavy atom. The summed E-state index contributed by atoms with van der Waals surface area (Å²) in [5.41, 5.74) is -9.77. The monoisotopic (exact) mass is 480 g/mol. The van der Waals surface area contributed by atoms with Crippen LogP contribution in [0.4, 0.5) is 43.9 Å². The van der Waals surface area contributed by atoms with Crippen LogP contribution in [0, 0.1) is 17.8 Å². The summed E-state index contributed by atoms with van der Waals surface area (Å²) in [6.45, 7) is 0.238. The SMILES string of the molecule is CCC(C)C(=O)OC1CC(C(O)(CF)C(F)(F)F)CC(C(O)(C(F)(F)F)C(F)(F)F)C1. The van der Waals surface area contributed by atoms with Crippen molar-refractivity contribution in [1.29, 1.82) is 0 Å². The quantitative estimate of drug-likeness (QED) is 0.435. The van der Waals surface area contributed by atoms with Crippen molar-refractivity contribution in [3.8, 4) is 0 Å². The lowest BCUT2D eigenvalue weighted by Gasteiger charge is -2.47. The highest BCUT2D eigenvalue weighted by Crippen LogP contribution is 2.55. The second-order valence-corrected chi connectivity index (χ2v) is 7.79. The van der Waals surface area contributed by atoms with Gasteiger partial charge < -0.3 is 14.9 Å². The topological polar surface area (TPSA) is 66.8 Å². The molecule has 0 spiro atoms. The number of hydrogen-bond acceptors (Lipinski definition) is 4. The molecule has 0 radical (unpaired) electrons. The molecule has 5 atom stereocenters. The Balaban J connectivity index is 3.49. The van der Waals surface area contributed by atoms with Crippen LogP contribution in [-0.2, 0) is 9.53 Å². The smallest absolute Gasteiger partial charge is 0.426 e. The molecule has 0 heterocycles. The van der Waals surface area contributed by atoms with E-state index in [0.29, 0.717) is 0 Å². The Labute approximate surface area is 170 Å². The number of hydrogen-bond donors (Lipinski definition) is 2. The van der Waals surface area contributed by atoms with Crippen molar-refractivity contribution >= 4 is 5.97 Å². The first-order chi connectivity index (χ1) is 13.8. The molecule has 1 aliphatic rings. The minimum Gasteiger partial charge on any atom is -0.462 e. The van der Waals surface area contributed by atoms with Gasteiger partial charge in [-0.25, -0.2) is 4.39 Å². The molecule has 184 valence electrons. The normalized spacial score (nSPS) is 26.8. The largest absolute Gasteiger partial charge is 0.462 e. The van der Waals surface area contributed by atoms with Crippen molar-refractivity contribution in [3.05, 3.63) is 0 Å². The van der Waals surface area contributed by atoms with Gasteiger partial charge in [-0.15, -0.1) is 0 Å². The van der Waals surface area contributed by atoms with Crippen molar-refractivity contribution in [1.82, 2.24) is 0 Å². The summed E-state index contributed by atoms with van der Waals surface area (Å²) >= 11 is 0. The van der Waals surface area contributed by atoms with Crippen molar-refractivity contribution in [2.45, 2.75) is 75.4 Å². The van der Waals surface area contributed by atoms with E-state index >= 15 is 0 Å². The molecule has 4 nitrogen and oxygen atoms in total. The summed E-state index contributed by atoms with van der Waals surface area (Å²) in [5.74, 6) is -7.54. The van der Waals surface area contributed by atoms with Crippen LogP contribution in [0.15, 0.2) is 0 Å². The number of esters is 1. The van der Waals surface area contributed by atoms with Crippen molar-refractivity contribution in [3.63, 3.8) is 0 Å². The molecule has 1 saturated carbocycles. The Kier molecular flexibility index (Phi) is 7.97. The van der Waals surface area contributed by atoms with Crippen molar-refractivity contribution in [2.24, 2.45) is 17.8 Å². The molecule has 0 aromatic carbocycles. The highest BCUT2D eigenvalue weighted by atomic mass is 19.4. The van der Waals surface area contributed by atoms with E-state index in [0.717, 1.165) is 0 Å². The number of carbonyl (C=O) groups is 1. The summed E-state index contributed by atoms with van der Waals surface area (Å²) in [5, 5.41) is 19.4. The Hall–Kier alpha value is -1.31. The molecule has 0 bridgehead atoms. The van der Waals surface area contributed by atoms with E-state index in [-0.39, 0.29) is 6.42 Å². The summed E-state index contributed by atoms with van der Waals surface area (Å²) in [7, 11) is 0. The first-order valence-corrected chi connectivity index (χ1v) is 9.17. The Morgan fingerprint density at radius 1 is 0.903 bits per heavy atom. The maximum atomic E-state index is 13.3. The molecule has 0 aromatic rings. The third-order valence-corrected chi connectivity index (χ3v) is 5.79. The van der Waals surface area contributed by atoms with Crippen molar-refractivity contribution in [2.75, 3.05) is 6.67 Å². The van der Waals surface area contributed by atoms with Crippen LogP contribution < -0.4 is 0 Å². The van der Waals surface area contributed by atoms with Gasteiger partial charge >= 0.3 is 24.5 Å². The van der Waals surface area contributed by atoms with E-state index in [1.807, 2.05) is 0 Å². The molecule has 31 heavy (non-hydrogen) atoms. The zero-order valence-electron chi connectivity index (χ0n) is 16.3. The van der Waals surface area contributed by atoms with E-state index in [4.69, 9.17) is 4.74 Å². The van der Waals surface area contributed by atoms with E-state index in [2.05, 4.69) is 0 Å². The molecule has 1 rings (SSSR count). The van der Waals surface area contributed by atoms with Crippen LogP contribution in [0.5, 0.6) is 0 Å². The predicted octanol–water partition coefficient (Wildman–Crippen LogP) is 4.48. The van der Waals surface area contributed by atoms with Gasteiger partial charge in [0.1, 0.15) is 12.8 Å². The van der Waals surface area contributed by atoms with Crippen LogP contribution in [0.25, 0.3) is 0 Å². The maximum Gasteiger partial charge on any atom is 0.426 e. The highest BCUT2D eigenvalue weighted by molar-refractivity contribution is 5.72. The second kappa shape index (κ2) is 8.91. The second-order valence-electron chi connectivity index (χ2n) is 7.79. The third kappa shape index (κ3) is 5.20. The van der Waals surface area contributed by atoms with Crippen LogP contribution in [-0.4, -0.2) is 58.7 Å². The summed E-state index contributed by atoms with van der Waals surface area (Å²) in [4.78, 5) is 11.9. The predicted molar refractivity (Wildman–Crippen MR) is 84.2 cm³/mol. The van der Waals surface area contributed by atoms with Gasteiger partial charge in [0.2, 0.25) is 0 Å². The van der Waals surface area contributed by atoms with Crippen LogP contribution in [0.2, 0.25) is 0 Å². The van der Waals surface area contributed by atoms with Gasteiger partial charge in [-0.2, -0.15) is 39.5 Å². The van der Waals surface area contributed by atoms with Gasteiger partial charge in [-0.3, -0.25) is 4.79 Å². The first-order valence-electron chi connectivity index (χ1n) is 9.17. The molecule has 0 amide bonds. The fourth-order valence-corrected chi connectivity index (χ4v) is 3.58. The maximum absolute atomic E-state index is 13.3. The summed E-state index contributed by atoms with van der Waals surface area (Å²) < 4.78 is 137. The molecule has 2 N–H and O–H groups in total. The minimum absolute atomic E-state index is 0.143. The number of rotatable bonds is 6. The average Bonchev–Trinajstić information content (AvgIpc) is 2.62. The first kappa shape index (κ1) is 27.7. The zero-order valence-corrected chi connectivity index (χ0v) is 16.3. The minimum atomic E-state index is -6.37. The third-order valence-electron chi connectivity index (χ3n) is 5.79. The average molecular weight is 480 g/mol. The van der Waals surface area contributed by atoms with Gasteiger partial charge in [0, 0.05) is 11.8 Å². The van der Waals surface area contributed by atoms with Crippen LogP contribution in [0.3, 0.4) is 0 Å².